The maximum absolute atomic E-state index is 12.8. The van der Waals surface area contributed by atoms with Gasteiger partial charge >= 0.3 is 5.97 Å². The van der Waals surface area contributed by atoms with Crippen molar-refractivity contribution in [3.8, 4) is 0 Å². The van der Waals surface area contributed by atoms with E-state index >= 15 is 0 Å². The Labute approximate surface area is 152 Å². The maximum Gasteiger partial charge on any atom is 0.357 e. The number of thiazole rings is 1. The van der Waals surface area contributed by atoms with Crippen LogP contribution in [0.5, 0.6) is 0 Å². The molecule has 0 saturated heterocycles. The van der Waals surface area contributed by atoms with Crippen molar-refractivity contribution < 1.29 is 14.3 Å². The van der Waals surface area contributed by atoms with Crippen LogP contribution < -0.4 is 5.32 Å². The number of anilines is 1. The molecule has 136 valence electrons. The molecule has 0 saturated carbocycles. The first-order chi connectivity index (χ1) is 11.8. The molecular formula is C18H25N3O3S. The smallest absolute Gasteiger partial charge is 0.357 e. The second kappa shape index (κ2) is 8.29. The fourth-order valence-corrected chi connectivity index (χ4v) is 3.53. The van der Waals surface area contributed by atoms with E-state index in [0.717, 1.165) is 4.88 Å². The van der Waals surface area contributed by atoms with E-state index < -0.39 is 5.97 Å². The summed E-state index contributed by atoms with van der Waals surface area (Å²) in [6, 6.07) is 3.48. The number of methoxy groups -OCH3 is 1. The molecule has 1 N–H and O–H groups in total. The van der Waals surface area contributed by atoms with Gasteiger partial charge in [-0.2, -0.15) is 0 Å². The summed E-state index contributed by atoms with van der Waals surface area (Å²) in [7, 11) is 1.33. The number of esters is 1. The summed E-state index contributed by atoms with van der Waals surface area (Å²) in [5, 5.41) is 3.30. The van der Waals surface area contributed by atoms with E-state index in [2.05, 4.69) is 24.1 Å². The van der Waals surface area contributed by atoms with Crippen molar-refractivity contribution in [2.75, 3.05) is 12.4 Å². The third-order valence-electron chi connectivity index (χ3n) is 3.77. The van der Waals surface area contributed by atoms with Gasteiger partial charge in [-0.25, -0.2) is 9.78 Å². The van der Waals surface area contributed by atoms with Gasteiger partial charge in [0.05, 0.1) is 7.11 Å². The molecule has 1 atom stereocenters. The largest absolute Gasteiger partial charge is 0.464 e. The molecule has 0 aliphatic heterocycles. The number of carbonyl (C=O) groups is 2. The van der Waals surface area contributed by atoms with Crippen molar-refractivity contribution in [3.63, 3.8) is 0 Å². The second-order valence-corrected chi connectivity index (χ2v) is 7.67. The van der Waals surface area contributed by atoms with Gasteiger partial charge in [-0.3, -0.25) is 4.79 Å². The van der Waals surface area contributed by atoms with Crippen LogP contribution in [-0.4, -0.2) is 28.5 Å². The summed E-state index contributed by atoms with van der Waals surface area (Å²) < 4.78 is 6.69. The molecule has 0 aromatic carbocycles. The highest BCUT2D eigenvalue weighted by Gasteiger charge is 2.25. The number of hydrogen-bond donors (Lipinski definition) is 1. The zero-order chi connectivity index (χ0) is 18.6. The van der Waals surface area contributed by atoms with Gasteiger partial charge in [0.2, 0.25) is 5.91 Å². The standard InChI is InChI=1S/C18H25N3O3S/c1-11(2)10-13(21-8-6-7-9-21)16(22)20-18-19-14(17(23)24-5)15(25-18)12(3)4/h6-9,11-13H,10H2,1-5H3,(H,19,20,22)/t13-/m0/s1. The number of ether oxygens (including phenoxy) is 1. The molecule has 2 aromatic rings. The Kier molecular flexibility index (Phi) is 6.36. The van der Waals surface area contributed by atoms with E-state index in [-0.39, 0.29) is 23.6 Å². The predicted molar refractivity (Wildman–Crippen MR) is 99.1 cm³/mol. The number of amides is 1. The molecule has 0 spiro atoms. The average molecular weight is 363 g/mol. The first-order valence-electron chi connectivity index (χ1n) is 8.35. The topological polar surface area (TPSA) is 73.2 Å². The molecule has 2 aromatic heterocycles. The fraction of sp³-hybridized carbons (Fsp3) is 0.500. The third kappa shape index (κ3) is 4.69. The van der Waals surface area contributed by atoms with Crippen LogP contribution in [0.1, 0.15) is 61.4 Å². The number of hydrogen-bond acceptors (Lipinski definition) is 5. The second-order valence-electron chi connectivity index (χ2n) is 6.64. The van der Waals surface area contributed by atoms with Gasteiger partial charge < -0.3 is 14.6 Å². The SMILES string of the molecule is COC(=O)c1nc(NC(=O)[C@H](CC(C)C)n2cccc2)sc1C(C)C. The lowest BCUT2D eigenvalue weighted by Gasteiger charge is -2.19. The van der Waals surface area contributed by atoms with Gasteiger partial charge in [0, 0.05) is 17.3 Å². The summed E-state index contributed by atoms with van der Waals surface area (Å²) in [4.78, 5) is 29.8. The van der Waals surface area contributed by atoms with Crippen molar-refractivity contribution in [1.82, 2.24) is 9.55 Å². The molecule has 0 bridgehead atoms. The Hall–Kier alpha value is -2.15. The first-order valence-corrected chi connectivity index (χ1v) is 9.17. The Morgan fingerprint density at radius 1 is 1.24 bits per heavy atom. The van der Waals surface area contributed by atoms with Crippen LogP contribution >= 0.6 is 11.3 Å². The average Bonchev–Trinajstić information content (AvgIpc) is 3.21. The van der Waals surface area contributed by atoms with Crippen molar-refractivity contribution in [2.24, 2.45) is 5.92 Å². The van der Waals surface area contributed by atoms with Crippen LogP contribution in [0.4, 0.5) is 5.13 Å². The Balaban J connectivity index is 2.25. The number of aromatic nitrogens is 2. The molecule has 2 rings (SSSR count). The Bertz CT molecular complexity index is 720. The number of nitrogens with one attached hydrogen (secondary N) is 1. The van der Waals surface area contributed by atoms with E-state index in [9.17, 15) is 9.59 Å². The van der Waals surface area contributed by atoms with Gasteiger partial charge in [-0.05, 0) is 30.4 Å². The molecule has 0 aliphatic rings. The molecule has 0 fully saturated rings. The lowest BCUT2D eigenvalue weighted by Crippen LogP contribution is -2.26. The van der Waals surface area contributed by atoms with Crippen molar-refractivity contribution >= 4 is 28.3 Å². The molecule has 2 heterocycles. The zero-order valence-electron chi connectivity index (χ0n) is 15.3. The van der Waals surface area contributed by atoms with Crippen molar-refractivity contribution in [3.05, 3.63) is 35.1 Å². The predicted octanol–water partition coefficient (Wildman–Crippen LogP) is 4.08. The highest BCUT2D eigenvalue weighted by atomic mass is 32.1. The van der Waals surface area contributed by atoms with Crippen LogP contribution in [-0.2, 0) is 9.53 Å². The molecule has 1 amide bonds. The Morgan fingerprint density at radius 3 is 2.40 bits per heavy atom. The van der Waals surface area contributed by atoms with Gasteiger partial charge in [0.25, 0.3) is 0 Å². The van der Waals surface area contributed by atoms with Crippen LogP contribution in [0.25, 0.3) is 0 Å². The van der Waals surface area contributed by atoms with Crippen molar-refractivity contribution in [1.29, 1.82) is 0 Å². The molecule has 0 radical (unpaired) electrons. The van der Waals surface area contributed by atoms with Crippen LogP contribution in [0.15, 0.2) is 24.5 Å². The maximum atomic E-state index is 12.8. The first kappa shape index (κ1) is 19.2. The Morgan fingerprint density at radius 2 is 1.88 bits per heavy atom. The lowest BCUT2D eigenvalue weighted by atomic mass is 10.0. The summed E-state index contributed by atoms with van der Waals surface area (Å²) in [6.07, 6.45) is 4.48. The monoisotopic (exact) mass is 363 g/mol. The van der Waals surface area contributed by atoms with Crippen molar-refractivity contribution in [2.45, 2.75) is 46.1 Å². The van der Waals surface area contributed by atoms with E-state index in [1.807, 2.05) is 42.9 Å². The highest BCUT2D eigenvalue weighted by molar-refractivity contribution is 7.16. The third-order valence-corrected chi connectivity index (χ3v) is 5.04. The lowest BCUT2D eigenvalue weighted by molar-refractivity contribution is -0.119. The fourth-order valence-electron chi connectivity index (χ4n) is 2.57. The van der Waals surface area contributed by atoms with Crippen LogP contribution in [0.3, 0.4) is 0 Å². The van der Waals surface area contributed by atoms with E-state index in [0.29, 0.717) is 17.5 Å². The van der Waals surface area contributed by atoms with Gasteiger partial charge in [0.1, 0.15) is 6.04 Å². The van der Waals surface area contributed by atoms with E-state index in [1.54, 1.807) is 0 Å². The van der Waals surface area contributed by atoms with Crippen LogP contribution in [0.2, 0.25) is 0 Å². The number of rotatable bonds is 7. The number of nitrogens with zero attached hydrogens (tertiary/aromatic N) is 2. The minimum Gasteiger partial charge on any atom is -0.464 e. The summed E-state index contributed by atoms with van der Waals surface area (Å²) in [5.41, 5.74) is 0.277. The summed E-state index contributed by atoms with van der Waals surface area (Å²) in [6.45, 7) is 8.12. The zero-order valence-corrected chi connectivity index (χ0v) is 16.1. The summed E-state index contributed by atoms with van der Waals surface area (Å²) >= 11 is 1.32. The van der Waals surface area contributed by atoms with E-state index in [1.165, 1.54) is 18.4 Å². The highest BCUT2D eigenvalue weighted by Crippen LogP contribution is 2.31. The molecule has 6 nitrogen and oxygen atoms in total. The quantitative estimate of drug-likeness (QED) is 0.752. The van der Waals surface area contributed by atoms with Gasteiger partial charge in [-0.15, -0.1) is 11.3 Å². The summed E-state index contributed by atoms with van der Waals surface area (Å²) in [5.74, 6) is -0.130. The molecular weight excluding hydrogens is 338 g/mol. The molecule has 7 heteroatoms. The minimum absolute atomic E-state index is 0.119. The minimum atomic E-state index is -0.482. The number of carbonyl (C=O) groups excluding carboxylic acids is 2. The van der Waals surface area contributed by atoms with Gasteiger partial charge in [0.15, 0.2) is 10.8 Å². The normalized spacial score (nSPS) is 12.4. The van der Waals surface area contributed by atoms with Crippen LogP contribution in [0, 0.1) is 5.92 Å². The molecule has 25 heavy (non-hydrogen) atoms. The molecule has 0 aliphatic carbocycles. The molecule has 0 unspecified atom stereocenters. The van der Waals surface area contributed by atoms with Gasteiger partial charge in [-0.1, -0.05) is 27.7 Å². The van der Waals surface area contributed by atoms with E-state index in [4.69, 9.17) is 4.74 Å².